The van der Waals surface area contributed by atoms with Crippen LogP contribution in [-0.4, -0.2) is 40.3 Å². The number of aromatic nitrogens is 3. The average molecular weight is 768 g/mol. The largest absolute Gasteiger partial charge is 0.506 e. The van der Waals surface area contributed by atoms with Crippen molar-refractivity contribution in [3.8, 4) is 28.6 Å². The maximum Gasteiger partial charge on any atom is 0.342 e. The summed E-state index contributed by atoms with van der Waals surface area (Å²) in [6.45, 7) is 6.55. The molecule has 4 rings (SSSR count). The number of benzene rings is 3. The van der Waals surface area contributed by atoms with E-state index in [1.54, 1.807) is 13.2 Å². The van der Waals surface area contributed by atoms with Gasteiger partial charge in [0, 0.05) is 9.13 Å². The molecule has 0 fully saturated rings. The number of halogens is 2. The number of hydrazone groups is 1. The summed E-state index contributed by atoms with van der Waals surface area (Å²) >= 11 is 5.51. The van der Waals surface area contributed by atoms with Gasteiger partial charge in [0.25, 0.3) is 11.7 Å². The molecule has 0 atom stereocenters. The third kappa shape index (κ3) is 7.31. The van der Waals surface area contributed by atoms with Crippen LogP contribution in [0.1, 0.15) is 31.9 Å². The smallest absolute Gasteiger partial charge is 0.342 e. The van der Waals surface area contributed by atoms with Crippen LogP contribution in [0.3, 0.4) is 0 Å². The SMILES string of the molecule is COc1ccc(-[n+]2c(SCC(=O)NN=Cc3cc(I)cc(I)c3O)n[nH]c2-c2ccc(C(C)(C)C)cc2)cc1. The summed E-state index contributed by atoms with van der Waals surface area (Å²) in [5.74, 6) is 1.47. The molecule has 0 saturated carbocycles. The van der Waals surface area contributed by atoms with Crippen LogP contribution in [-0.2, 0) is 10.2 Å². The predicted molar refractivity (Wildman–Crippen MR) is 171 cm³/mol. The van der Waals surface area contributed by atoms with Gasteiger partial charge in [-0.05, 0) is 116 Å². The number of phenolic OH excluding ortho intramolecular Hbond substituents is 1. The number of H-pyrrole nitrogens is 1. The lowest BCUT2D eigenvalue weighted by molar-refractivity contribution is -0.625. The van der Waals surface area contributed by atoms with Crippen molar-refractivity contribution in [1.82, 2.24) is 15.6 Å². The number of thioether (sulfide) groups is 1. The fraction of sp³-hybridized carbons (Fsp3) is 0.214. The molecule has 3 aromatic carbocycles. The molecule has 0 aliphatic carbocycles. The van der Waals surface area contributed by atoms with Crippen LogP contribution >= 0.6 is 56.9 Å². The highest BCUT2D eigenvalue weighted by atomic mass is 127. The molecule has 1 amide bonds. The number of amides is 1. The van der Waals surface area contributed by atoms with Crippen LogP contribution in [0.2, 0.25) is 0 Å². The third-order valence-corrected chi connectivity index (χ3v) is 8.19. The van der Waals surface area contributed by atoms with Crippen LogP contribution in [0.15, 0.2) is 70.9 Å². The Labute approximate surface area is 258 Å². The number of aromatic amines is 1. The van der Waals surface area contributed by atoms with E-state index in [1.807, 2.05) is 34.9 Å². The number of carbonyl (C=O) groups excluding carboxylic acids is 1. The number of ether oxygens (including phenoxy) is 1. The standard InChI is InChI=1S/C28H27I2N5O3S/c1-28(2,3)19-7-5-17(6-8-19)26-33-34-27(35(26)21-9-11-22(38-4)12-10-21)39-16-24(36)32-31-15-18-13-20(29)14-23(30)25(18)37/h5-15H,16H2,1-4H3,(H2,31,32,36,37)/p+1. The van der Waals surface area contributed by atoms with Gasteiger partial charge >= 0.3 is 5.16 Å². The number of methoxy groups -OCH3 is 1. The zero-order chi connectivity index (χ0) is 28.2. The summed E-state index contributed by atoms with van der Waals surface area (Å²) in [6, 6.07) is 19.7. The molecular weight excluding hydrogens is 740 g/mol. The minimum absolute atomic E-state index is 0.0471. The van der Waals surface area contributed by atoms with E-state index in [0.29, 0.717) is 14.3 Å². The van der Waals surface area contributed by atoms with Gasteiger partial charge in [-0.1, -0.05) is 32.9 Å². The van der Waals surface area contributed by atoms with E-state index in [2.05, 4.69) is 111 Å². The zero-order valence-corrected chi connectivity index (χ0v) is 27.0. The van der Waals surface area contributed by atoms with Crippen LogP contribution in [0.5, 0.6) is 11.5 Å². The first-order valence-corrected chi connectivity index (χ1v) is 15.1. The van der Waals surface area contributed by atoms with Gasteiger partial charge in [-0.3, -0.25) is 4.79 Å². The number of aromatic hydroxyl groups is 1. The first-order chi connectivity index (χ1) is 18.6. The summed E-state index contributed by atoms with van der Waals surface area (Å²) in [7, 11) is 1.63. The van der Waals surface area contributed by atoms with Crippen molar-refractivity contribution in [3.63, 3.8) is 0 Å². The minimum Gasteiger partial charge on any atom is -0.506 e. The van der Waals surface area contributed by atoms with Crippen molar-refractivity contribution in [1.29, 1.82) is 0 Å². The fourth-order valence-electron chi connectivity index (χ4n) is 3.71. The molecule has 39 heavy (non-hydrogen) atoms. The fourth-order valence-corrected chi connectivity index (χ4v) is 6.36. The van der Waals surface area contributed by atoms with Crippen LogP contribution in [0.4, 0.5) is 0 Å². The Morgan fingerprint density at radius 2 is 1.85 bits per heavy atom. The number of phenols is 1. The summed E-state index contributed by atoms with van der Waals surface area (Å²) in [6.07, 6.45) is 1.44. The Bertz CT molecular complexity index is 1500. The lowest BCUT2D eigenvalue weighted by Crippen LogP contribution is -2.34. The van der Waals surface area contributed by atoms with Crippen molar-refractivity contribution in [3.05, 3.63) is 78.9 Å². The highest BCUT2D eigenvalue weighted by molar-refractivity contribution is 14.1. The lowest BCUT2D eigenvalue weighted by atomic mass is 9.87. The molecule has 202 valence electrons. The second-order valence-electron chi connectivity index (χ2n) is 9.62. The highest BCUT2D eigenvalue weighted by Crippen LogP contribution is 2.27. The quantitative estimate of drug-likeness (QED) is 0.0691. The first kappa shape index (κ1) is 29.3. The Morgan fingerprint density at radius 1 is 1.15 bits per heavy atom. The minimum atomic E-state index is -0.295. The molecule has 0 aliphatic heterocycles. The maximum atomic E-state index is 12.6. The van der Waals surface area contributed by atoms with Crippen molar-refractivity contribution in [2.45, 2.75) is 31.3 Å². The topological polar surface area (TPSA) is 103 Å². The van der Waals surface area contributed by atoms with Crippen molar-refractivity contribution in [2.24, 2.45) is 5.10 Å². The molecule has 1 heterocycles. The molecule has 0 aliphatic rings. The van der Waals surface area contributed by atoms with Gasteiger partial charge in [-0.15, -0.1) is 5.10 Å². The average Bonchev–Trinajstić information content (AvgIpc) is 3.33. The first-order valence-electron chi connectivity index (χ1n) is 12.0. The van der Waals surface area contributed by atoms with Crippen molar-refractivity contribution < 1.29 is 19.2 Å². The summed E-state index contributed by atoms with van der Waals surface area (Å²) in [5, 5.41) is 22.6. The van der Waals surface area contributed by atoms with E-state index >= 15 is 0 Å². The number of hydrogen-bond donors (Lipinski definition) is 3. The maximum absolute atomic E-state index is 12.6. The lowest BCUT2D eigenvalue weighted by Gasteiger charge is -2.18. The Balaban J connectivity index is 1.55. The predicted octanol–water partition coefficient (Wildman–Crippen LogP) is 5.82. The normalized spacial score (nSPS) is 11.6. The molecule has 0 unspecified atom stereocenters. The second-order valence-corrected chi connectivity index (χ2v) is 13.0. The van der Waals surface area contributed by atoms with Gasteiger partial charge in [-0.25, -0.2) is 5.43 Å². The second kappa shape index (κ2) is 12.7. The molecule has 0 bridgehead atoms. The van der Waals surface area contributed by atoms with Gasteiger partial charge in [0.1, 0.15) is 17.2 Å². The summed E-state index contributed by atoms with van der Waals surface area (Å²) < 4.78 is 8.99. The van der Waals surface area contributed by atoms with Gasteiger partial charge in [0.2, 0.25) is 0 Å². The van der Waals surface area contributed by atoms with Crippen molar-refractivity contribution in [2.75, 3.05) is 12.9 Å². The van der Waals surface area contributed by atoms with E-state index in [9.17, 15) is 9.90 Å². The van der Waals surface area contributed by atoms with E-state index < -0.39 is 0 Å². The number of hydrogen-bond acceptors (Lipinski definition) is 6. The Morgan fingerprint density at radius 3 is 2.49 bits per heavy atom. The van der Waals surface area contributed by atoms with E-state index in [1.165, 1.54) is 23.5 Å². The molecule has 3 N–H and O–H groups in total. The van der Waals surface area contributed by atoms with E-state index in [4.69, 9.17) is 4.74 Å². The number of nitrogens with zero attached hydrogens (tertiary/aromatic N) is 3. The van der Waals surface area contributed by atoms with Crippen LogP contribution in [0.25, 0.3) is 17.1 Å². The van der Waals surface area contributed by atoms with Crippen LogP contribution < -0.4 is 14.7 Å². The van der Waals surface area contributed by atoms with Gasteiger partial charge in [0.15, 0.2) is 0 Å². The molecule has 4 aromatic rings. The monoisotopic (exact) mass is 768 g/mol. The van der Waals surface area contributed by atoms with E-state index in [0.717, 1.165) is 26.4 Å². The molecule has 0 radical (unpaired) electrons. The van der Waals surface area contributed by atoms with Gasteiger partial charge in [0.05, 0.1) is 33.3 Å². The van der Waals surface area contributed by atoms with Gasteiger partial charge < -0.3 is 9.84 Å². The van der Waals surface area contributed by atoms with E-state index in [-0.39, 0.29) is 22.8 Å². The van der Waals surface area contributed by atoms with Crippen molar-refractivity contribution >= 4 is 69.1 Å². The number of carbonyl (C=O) groups is 1. The molecule has 1 aromatic heterocycles. The number of rotatable bonds is 8. The highest BCUT2D eigenvalue weighted by Gasteiger charge is 2.25. The Hall–Kier alpha value is -2.65. The molecule has 0 saturated heterocycles. The van der Waals surface area contributed by atoms with Crippen LogP contribution in [0, 0.1) is 7.14 Å². The Kier molecular flexibility index (Phi) is 9.54. The third-order valence-electron chi connectivity index (χ3n) is 5.81. The molecule has 11 heteroatoms. The van der Waals surface area contributed by atoms with Gasteiger partial charge in [-0.2, -0.15) is 9.67 Å². The molecular formula is C28H28I2N5O3S+. The number of nitrogens with one attached hydrogen (secondary N) is 2. The summed E-state index contributed by atoms with van der Waals surface area (Å²) in [5.41, 5.74) is 6.20. The summed E-state index contributed by atoms with van der Waals surface area (Å²) in [4.78, 5) is 12.6. The molecule has 8 nitrogen and oxygen atoms in total. The zero-order valence-electron chi connectivity index (χ0n) is 21.8. The molecule has 0 spiro atoms.